The molecule has 0 bridgehead atoms. The molecule has 0 radical (unpaired) electrons. The predicted molar refractivity (Wildman–Crippen MR) is 62.2 cm³/mol. The maximum atomic E-state index is 4.53. The molecule has 1 saturated heterocycles. The van der Waals surface area contributed by atoms with Gasteiger partial charge in [-0.15, -0.1) is 0 Å². The maximum Gasteiger partial charge on any atom is 0.194 e. The molecule has 2 unspecified atom stereocenters. The third-order valence-corrected chi connectivity index (χ3v) is 3.27. The molecule has 0 aromatic carbocycles. The van der Waals surface area contributed by atoms with Gasteiger partial charge in [-0.3, -0.25) is 9.67 Å². The number of aryl methyl sites for hydroxylation is 1. The van der Waals surface area contributed by atoms with Crippen LogP contribution >= 0.6 is 0 Å². The van der Waals surface area contributed by atoms with Gasteiger partial charge in [0.25, 0.3) is 0 Å². The first-order chi connectivity index (χ1) is 7.74. The van der Waals surface area contributed by atoms with Gasteiger partial charge in [-0.1, -0.05) is 0 Å². The minimum atomic E-state index is 0.443. The summed E-state index contributed by atoms with van der Waals surface area (Å²) in [6.07, 6.45) is 5.16. The van der Waals surface area contributed by atoms with Crippen LogP contribution in [0, 0.1) is 0 Å². The van der Waals surface area contributed by atoms with Gasteiger partial charge >= 0.3 is 0 Å². The molecule has 1 fully saturated rings. The molecular weight excluding hydrogens is 202 g/mol. The fraction of sp³-hybridized carbons (Fsp3) is 0.636. The average molecular weight is 219 g/mol. The number of aliphatic imine (C=N–C) groups is 1. The highest BCUT2D eigenvalue weighted by Gasteiger charge is 2.33. The van der Waals surface area contributed by atoms with E-state index in [0.29, 0.717) is 12.1 Å². The number of guanidine groups is 1. The summed E-state index contributed by atoms with van der Waals surface area (Å²) in [6, 6.07) is 0.940. The number of hydrogen-bond acceptors (Lipinski definition) is 4. The zero-order valence-electron chi connectivity index (χ0n) is 9.72. The summed E-state index contributed by atoms with van der Waals surface area (Å²) in [6.45, 7) is 4.14. The Bertz CT molecular complexity index is 422. The van der Waals surface area contributed by atoms with Gasteiger partial charge in [0, 0.05) is 37.9 Å². The lowest BCUT2D eigenvalue weighted by molar-refractivity contribution is 0.305. The van der Waals surface area contributed by atoms with Crippen molar-refractivity contribution in [2.45, 2.75) is 25.4 Å². The van der Waals surface area contributed by atoms with Gasteiger partial charge in [0.2, 0.25) is 0 Å². The number of aromatic nitrogens is 2. The van der Waals surface area contributed by atoms with Gasteiger partial charge in [0.1, 0.15) is 0 Å². The molecule has 1 N–H and O–H groups in total. The number of rotatable bonds is 1. The van der Waals surface area contributed by atoms with Crippen molar-refractivity contribution in [1.29, 1.82) is 0 Å². The van der Waals surface area contributed by atoms with Crippen LogP contribution in [0.5, 0.6) is 0 Å². The highest BCUT2D eigenvalue weighted by Crippen LogP contribution is 2.29. The van der Waals surface area contributed by atoms with Crippen LogP contribution in [0.25, 0.3) is 0 Å². The first-order valence-electron chi connectivity index (χ1n) is 5.80. The monoisotopic (exact) mass is 219 g/mol. The fourth-order valence-corrected chi connectivity index (χ4v) is 2.55. The minimum Gasteiger partial charge on any atom is -0.352 e. The lowest BCUT2D eigenvalue weighted by Crippen LogP contribution is -2.37. The molecule has 0 spiro atoms. The molecule has 2 aliphatic rings. The summed E-state index contributed by atoms with van der Waals surface area (Å²) < 4.78 is 1.87. The van der Waals surface area contributed by atoms with Crippen molar-refractivity contribution in [3.8, 4) is 0 Å². The van der Waals surface area contributed by atoms with Crippen molar-refractivity contribution < 1.29 is 0 Å². The third-order valence-electron chi connectivity index (χ3n) is 3.27. The summed E-state index contributed by atoms with van der Waals surface area (Å²) in [4.78, 5) is 6.89. The third kappa shape index (κ3) is 1.47. The van der Waals surface area contributed by atoms with Crippen LogP contribution in [0.3, 0.4) is 0 Å². The first kappa shape index (κ1) is 9.69. The van der Waals surface area contributed by atoms with Crippen LogP contribution in [-0.4, -0.2) is 39.8 Å². The molecule has 5 nitrogen and oxygen atoms in total. The number of hydrogen-bond donors (Lipinski definition) is 1. The normalized spacial score (nSPS) is 28.6. The van der Waals surface area contributed by atoms with Crippen LogP contribution in [0.15, 0.2) is 17.4 Å². The van der Waals surface area contributed by atoms with E-state index in [9.17, 15) is 0 Å². The second-order valence-corrected chi connectivity index (χ2v) is 4.65. The Morgan fingerprint density at radius 3 is 3.12 bits per heavy atom. The lowest BCUT2D eigenvalue weighted by Gasteiger charge is -2.31. The Morgan fingerprint density at radius 2 is 2.38 bits per heavy atom. The molecule has 3 heterocycles. The molecule has 0 saturated carbocycles. The van der Waals surface area contributed by atoms with Crippen LogP contribution in [0.4, 0.5) is 0 Å². The summed E-state index contributed by atoms with van der Waals surface area (Å²) in [7, 11) is 1.96. The van der Waals surface area contributed by atoms with Crippen LogP contribution < -0.4 is 5.32 Å². The van der Waals surface area contributed by atoms with Crippen molar-refractivity contribution in [3.05, 3.63) is 18.0 Å². The Hall–Kier alpha value is -1.52. The quantitative estimate of drug-likeness (QED) is 0.748. The molecule has 0 amide bonds. The summed E-state index contributed by atoms with van der Waals surface area (Å²) in [5.41, 5.74) is 1.30. The van der Waals surface area contributed by atoms with Crippen LogP contribution in [-0.2, 0) is 7.05 Å². The van der Waals surface area contributed by atoms with Gasteiger partial charge in [0.15, 0.2) is 5.96 Å². The number of fused-ring (bicyclic) bond motifs is 1. The van der Waals surface area contributed by atoms with Gasteiger partial charge in [-0.25, -0.2) is 0 Å². The Morgan fingerprint density at radius 1 is 1.50 bits per heavy atom. The Labute approximate surface area is 95.2 Å². The molecule has 16 heavy (non-hydrogen) atoms. The number of nitrogens with zero attached hydrogens (tertiary/aromatic N) is 4. The van der Waals surface area contributed by atoms with Crippen molar-refractivity contribution in [3.63, 3.8) is 0 Å². The highest BCUT2D eigenvalue weighted by molar-refractivity contribution is 5.83. The van der Waals surface area contributed by atoms with E-state index in [1.54, 1.807) is 0 Å². The molecule has 86 valence electrons. The molecule has 2 atom stereocenters. The molecule has 5 heteroatoms. The maximum absolute atomic E-state index is 4.53. The van der Waals surface area contributed by atoms with Crippen LogP contribution in [0.1, 0.15) is 24.9 Å². The van der Waals surface area contributed by atoms with E-state index < -0.39 is 0 Å². The van der Waals surface area contributed by atoms with Crippen molar-refractivity contribution in [2.75, 3.05) is 13.1 Å². The standard InChI is InChI=1S/C11H17N5/c1-8-6-16-10(3-4-12-11(16)14-8)9-5-13-15(2)7-9/h5,7-8,10H,3-4,6H2,1-2H3,(H,12,14). The van der Waals surface area contributed by atoms with E-state index in [4.69, 9.17) is 0 Å². The van der Waals surface area contributed by atoms with Gasteiger partial charge in [-0.2, -0.15) is 5.10 Å². The molecular formula is C11H17N5. The largest absolute Gasteiger partial charge is 0.352 e. The van der Waals surface area contributed by atoms with E-state index >= 15 is 0 Å². The molecule has 0 aliphatic carbocycles. The number of nitrogens with one attached hydrogen (secondary N) is 1. The Kier molecular flexibility index (Phi) is 2.12. The predicted octanol–water partition coefficient (Wildman–Crippen LogP) is 0.515. The zero-order chi connectivity index (χ0) is 11.1. The SMILES string of the molecule is CC1CN2C(=NCCC2c2cnn(C)c2)N1. The van der Waals surface area contributed by atoms with E-state index in [-0.39, 0.29) is 0 Å². The molecule has 2 aliphatic heterocycles. The van der Waals surface area contributed by atoms with Crippen molar-refractivity contribution >= 4 is 5.96 Å². The topological polar surface area (TPSA) is 45.5 Å². The second kappa shape index (κ2) is 3.50. The summed E-state index contributed by atoms with van der Waals surface area (Å²) in [5, 5.41) is 7.67. The highest BCUT2D eigenvalue weighted by atomic mass is 15.4. The summed E-state index contributed by atoms with van der Waals surface area (Å²) in [5.74, 6) is 1.06. The van der Waals surface area contributed by atoms with Gasteiger partial charge in [0.05, 0.1) is 12.2 Å². The van der Waals surface area contributed by atoms with E-state index in [2.05, 4.69) is 33.4 Å². The van der Waals surface area contributed by atoms with Gasteiger partial charge in [-0.05, 0) is 13.3 Å². The minimum absolute atomic E-state index is 0.443. The Balaban J connectivity index is 1.89. The molecule has 1 aromatic heterocycles. The molecule has 1 aromatic rings. The van der Waals surface area contributed by atoms with E-state index in [1.165, 1.54) is 5.56 Å². The second-order valence-electron chi connectivity index (χ2n) is 4.65. The lowest BCUT2D eigenvalue weighted by atomic mass is 10.1. The summed E-state index contributed by atoms with van der Waals surface area (Å²) >= 11 is 0. The van der Waals surface area contributed by atoms with Crippen molar-refractivity contribution in [2.24, 2.45) is 12.0 Å². The van der Waals surface area contributed by atoms with Crippen molar-refractivity contribution in [1.82, 2.24) is 20.0 Å². The average Bonchev–Trinajstić information content (AvgIpc) is 2.82. The fourth-order valence-electron chi connectivity index (χ4n) is 2.55. The van der Waals surface area contributed by atoms with E-state index in [1.807, 2.05) is 17.9 Å². The zero-order valence-corrected chi connectivity index (χ0v) is 9.72. The van der Waals surface area contributed by atoms with Crippen LogP contribution in [0.2, 0.25) is 0 Å². The first-order valence-corrected chi connectivity index (χ1v) is 5.80. The smallest absolute Gasteiger partial charge is 0.194 e. The van der Waals surface area contributed by atoms with Gasteiger partial charge < -0.3 is 10.2 Å². The molecule has 3 rings (SSSR count). The van der Waals surface area contributed by atoms with E-state index in [0.717, 1.165) is 25.5 Å².